The molecule has 0 unspecified atom stereocenters. The molecule has 0 atom stereocenters. The van der Waals surface area contributed by atoms with E-state index in [4.69, 9.17) is 10.5 Å². The third-order valence-electron chi connectivity index (χ3n) is 4.61. The van der Waals surface area contributed by atoms with Crippen LogP contribution in [0.25, 0.3) is 22.4 Å². The lowest BCUT2D eigenvalue weighted by Crippen LogP contribution is -2.33. The average Bonchev–Trinajstić information content (AvgIpc) is 3.31. The number of pyridine rings is 2. The quantitative estimate of drug-likeness (QED) is 0.386. The van der Waals surface area contributed by atoms with E-state index in [2.05, 4.69) is 25.6 Å². The summed E-state index contributed by atoms with van der Waals surface area (Å²) >= 11 is 1.30. The highest BCUT2D eigenvalue weighted by atomic mass is 32.1. The molecule has 2 amide bonds. The van der Waals surface area contributed by atoms with Crippen molar-refractivity contribution in [2.45, 2.75) is 0 Å². The van der Waals surface area contributed by atoms with Gasteiger partial charge >= 0.3 is 0 Å². The Balaban J connectivity index is 1.39. The number of ether oxygens (including phenoxy) is 1. The first-order chi connectivity index (χ1) is 16.0. The van der Waals surface area contributed by atoms with Gasteiger partial charge in [0.2, 0.25) is 11.8 Å². The van der Waals surface area contributed by atoms with Crippen molar-refractivity contribution in [2.24, 2.45) is 0 Å². The van der Waals surface area contributed by atoms with Gasteiger partial charge in [-0.1, -0.05) is 18.2 Å². The molecule has 4 aromatic rings. The number of nitrogens with one attached hydrogen (secondary N) is 2. The van der Waals surface area contributed by atoms with Crippen LogP contribution in [0.2, 0.25) is 0 Å². The van der Waals surface area contributed by atoms with Crippen LogP contribution in [0.5, 0.6) is 5.88 Å². The molecule has 0 saturated heterocycles. The smallest absolute Gasteiger partial charge is 0.270 e. The number of hydrogen-bond donors (Lipinski definition) is 3. The Morgan fingerprint density at radius 2 is 1.88 bits per heavy atom. The number of methoxy groups -OCH3 is 1. The Labute approximate surface area is 193 Å². The number of aromatic nitrogens is 3. The van der Waals surface area contributed by atoms with Crippen molar-refractivity contribution in [1.29, 1.82) is 0 Å². The van der Waals surface area contributed by atoms with Crippen LogP contribution in [0.4, 0.5) is 10.8 Å². The Morgan fingerprint density at radius 3 is 2.67 bits per heavy atom. The lowest BCUT2D eigenvalue weighted by atomic mass is 10.0. The van der Waals surface area contributed by atoms with Crippen LogP contribution in [-0.4, -0.2) is 40.4 Å². The first kappa shape index (κ1) is 21.9. The van der Waals surface area contributed by atoms with Crippen molar-refractivity contribution in [3.05, 3.63) is 72.0 Å². The van der Waals surface area contributed by atoms with E-state index in [9.17, 15) is 9.59 Å². The number of carbonyl (C=O) groups is 2. The molecule has 0 aliphatic rings. The molecule has 0 aliphatic heterocycles. The third-order valence-corrected chi connectivity index (χ3v) is 5.37. The summed E-state index contributed by atoms with van der Waals surface area (Å²) in [6, 6.07) is 14.7. The van der Waals surface area contributed by atoms with E-state index >= 15 is 0 Å². The minimum absolute atomic E-state index is 0.181. The minimum Gasteiger partial charge on any atom is -0.481 e. The number of thiazole rings is 1. The largest absolute Gasteiger partial charge is 0.481 e. The molecule has 0 saturated carbocycles. The van der Waals surface area contributed by atoms with E-state index in [0.717, 1.165) is 22.4 Å². The second-order valence-electron chi connectivity index (χ2n) is 6.91. The number of benzene rings is 1. The number of hydrogen-bond acceptors (Lipinski definition) is 8. The normalized spacial score (nSPS) is 10.5. The fraction of sp³-hybridized carbons (Fsp3) is 0.0870. The van der Waals surface area contributed by atoms with Crippen LogP contribution >= 0.6 is 11.3 Å². The van der Waals surface area contributed by atoms with Crippen molar-refractivity contribution in [3.8, 4) is 28.3 Å². The van der Waals surface area contributed by atoms with Crippen molar-refractivity contribution in [1.82, 2.24) is 20.3 Å². The van der Waals surface area contributed by atoms with Gasteiger partial charge in [-0.15, -0.1) is 11.3 Å². The molecule has 0 bridgehead atoms. The van der Waals surface area contributed by atoms with Crippen LogP contribution in [0.15, 0.2) is 66.3 Å². The highest BCUT2D eigenvalue weighted by Gasteiger charge is 2.12. The molecular formula is C23H20N6O3S. The Kier molecular flexibility index (Phi) is 6.56. The zero-order valence-corrected chi connectivity index (χ0v) is 18.4. The second-order valence-corrected chi connectivity index (χ2v) is 7.77. The fourth-order valence-corrected chi connectivity index (χ4v) is 3.71. The molecule has 0 radical (unpaired) electrons. The number of rotatable bonds is 7. The standard InChI is InChI=1S/C23H20N6O3S/c1-32-21-10-15(7-8-25-21)14-3-2-4-16(9-14)19-13-33-23(28-19)29-20(30)12-27-22(31)18-6-5-17(24)11-26-18/h2-11,13H,12,24H2,1H3,(H,27,31)(H,28,29,30). The molecule has 4 rings (SSSR count). The van der Waals surface area contributed by atoms with Gasteiger partial charge in [0.15, 0.2) is 5.13 Å². The molecule has 0 spiro atoms. The van der Waals surface area contributed by atoms with E-state index < -0.39 is 11.8 Å². The predicted octanol–water partition coefficient (Wildman–Crippen LogP) is 3.23. The SMILES string of the molecule is COc1cc(-c2cccc(-c3csc(NC(=O)CNC(=O)c4ccc(N)cn4)n3)c2)ccn1. The molecule has 0 aliphatic carbocycles. The summed E-state index contributed by atoms with van der Waals surface area (Å²) in [5.74, 6) is -0.317. The van der Waals surface area contributed by atoms with E-state index in [1.165, 1.54) is 23.6 Å². The lowest BCUT2D eigenvalue weighted by molar-refractivity contribution is -0.115. The van der Waals surface area contributed by atoms with Crippen LogP contribution in [-0.2, 0) is 4.79 Å². The number of nitrogens with zero attached hydrogens (tertiary/aromatic N) is 3. The predicted molar refractivity (Wildman–Crippen MR) is 127 cm³/mol. The maximum absolute atomic E-state index is 12.2. The first-order valence-electron chi connectivity index (χ1n) is 9.88. The molecule has 3 aromatic heterocycles. The number of anilines is 2. The Morgan fingerprint density at radius 1 is 1.06 bits per heavy atom. The Hall–Kier alpha value is -4.31. The van der Waals surface area contributed by atoms with Gasteiger partial charge in [-0.3, -0.25) is 9.59 Å². The van der Waals surface area contributed by atoms with E-state index in [-0.39, 0.29) is 12.2 Å². The summed E-state index contributed by atoms with van der Waals surface area (Å²) in [5.41, 5.74) is 9.79. The number of amides is 2. The number of nitrogen functional groups attached to an aromatic ring is 1. The van der Waals surface area contributed by atoms with Gasteiger partial charge in [-0.05, 0) is 35.4 Å². The molecule has 0 fully saturated rings. The highest BCUT2D eigenvalue weighted by molar-refractivity contribution is 7.14. The summed E-state index contributed by atoms with van der Waals surface area (Å²) in [5, 5.41) is 7.51. The van der Waals surface area contributed by atoms with Gasteiger partial charge in [0.25, 0.3) is 5.91 Å². The molecule has 4 N–H and O–H groups in total. The summed E-state index contributed by atoms with van der Waals surface area (Å²) in [4.78, 5) is 36.9. The highest BCUT2D eigenvalue weighted by Crippen LogP contribution is 2.29. The topological polar surface area (TPSA) is 132 Å². The molecule has 9 nitrogen and oxygen atoms in total. The third kappa shape index (κ3) is 5.49. The van der Waals surface area contributed by atoms with Gasteiger partial charge in [-0.2, -0.15) is 0 Å². The molecule has 3 heterocycles. The maximum atomic E-state index is 12.2. The first-order valence-corrected chi connectivity index (χ1v) is 10.8. The van der Waals surface area contributed by atoms with Gasteiger partial charge < -0.3 is 21.1 Å². The van der Waals surface area contributed by atoms with Crippen LogP contribution in [0.3, 0.4) is 0 Å². The van der Waals surface area contributed by atoms with Gasteiger partial charge in [-0.25, -0.2) is 15.0 Å². The summed E-state index contributed by atoms with van der Waals surface area (Å²) in [7, 11) is 1.58. The summed E-state index contributed by atoms with van der Waals surface area (Å²) in [6.45, 7) is -0.209. The minimum atomic E-state index is -0.463. The van der Waals surface area contributed by atoms with E-state index in [1.807, 2.05) is 41.8 Å². The van der Waals surface area contributed by atoms with Crippen molar-refractivity contribution < 1.29 is 14.3 Å². The molecule has 166 valence electrons. The molecule has 10 heteroatoms. The lowest BCUT2D eigenvalue weighted by Gasteiger charge is -2.06. The maximum Gasteiger partial charge on any atom is 0.270 e. The van der Waals surface area contributed by atoms with Gasteiger partial charge in [0, 0.05) is 23.2 Å². The number of nitrogens with two attached hydrogens (primary N) is 1. The zero-order chi connectivity index (χ0) is 23.2. The molecule has 1 aromatic carbocycles. The van der Waals surface area contributed by atoms with Crippen LogP contribution < -0.4 is 21.1 Å². The van der Waals surface area contributed by atoms with E-state index in [1.54, 1.807) is 19.4 Å². The summed E-state index contributed by atoms with van der Waals surface area (Å²) < 4.78 is 5.20. The fourth-order valence-electron chi connectivity index (χ4n) is 2.98. The average molecular weight is 461 g/mol. The number of carbonyl (C=O) groups excluding carboxylic acids is 2. The van der Waals surface area contributed by atoms with E-state index in [0.29, 0.717) is 16.7 Å². The van der Waals surface area contributed by atoms with Crippen LogP contribution in [0, 0.1) is 0 Å². The summed E-state index contributed by atoms with van der Waals surface area (Å²) in [6.07, 6.45) is 3.08. The molecular weight excluding hydrogens is 440 g/mol. The van der Waals surface area contributed by atoms with Gasteiger partial charge in [0.05, 0.1) is 31.2 Å². The van der Waals surface area contributed by atoms with Crippen molar-refractivity contribution in [2.75, 3.05) is 24.7 Å². The Bertz CT molecular complexity index is 1290. The zero-order valence-electron chi connectivity index (χ0n) is 17.6. The van der Waals surface area contributed by atoms with Crippen molar-refractivity contribution >= 4 is 34.0 Å². The molecule has 33 heavy (non-hydrogen) atoms. The van der Waals surface area contributed by atoms with Crippen LogP contribution in [0.1, 0.15) is 10.5 Å². The van der Waals surface area contributed by atoms with Gasteiger partial charge in [0.1, 0.15) is 5.69 Å². The van der Waals surface area contributed by atoms with Crippen molar-refractivity contribution in [3.63, 3.8) is 0 Å². The monoisotopic (exact) mass is 460 g/mol. The second kappa shape index (κ2) is 9.88.